The maximum Gasteiger partial charge on any atom is 0.323 e. The first-order valence-electron chi connectivity index (χ1n) is 7.96. The molecule has 0 saturated heterocycles. The van der Waals surface area contributed by atoms with Crippen molar-refractivity contribution in [3.8, 4) is 16.9 Å². The second-order valence-corrected chi connectivity index (χ2v) is 6.02. The van der Waals surface area contributed by atoms with Crippen LogP contribution in [0, 0.1) is 6.92 Å². The Morgan fingerprint density at radius 3 is 2.52 bits per heavy atom. The third-order valence-electron chi connectivity index (χ3n) is 4.16. The molecule has 0 radical (unpaired) electrons. The van der Waals surface area contributed by atoms with E-state index in [-0.39, 0.29) is 6.54 Å². The number of carbonyl (C=O) groups is 1. The van der Waals surface area contributed by atoms with Gasteiger partial charge in [-0.3, -0.25) is 4.79 Å². The topological polar surface area (TPSA) is 62.7 Å². The summed E-state index contributed by atoms with van der Waals surface area (Å²) in [7, 11) is 3.38. The second-order valence-electron chi connectivity index (χ2n) is 6.02. The molecule has 0 bridgehead atoms. The molecule has 2 aromatic carbocycles. The molecule has 3 aromatic rings. The lowest BCUT2D eigenvalue weighted by Gasteiger charge is -2.19. The summed E-state index contributed by atoms with van der Waals surface area (Å²) in [5.41, 5.74) is 3.14. The number of carboxylic acids is 1. The van der Waals surface area contributed by atoms with Crippen LogP contribution < -0.4 is 9.64 Å². The maximum atomic E-state index is 11.1. The molecule has 0 aliphatic carbocycles. The first-order valence-corrected chi connectivity index (χ1v) is 7.96. The number of hydrogen-bond donors (Lipinski definition) is 1. The average Bonchev–Trinajstić information content (AvgIpc) is 2.60. The zero-order chi connectivity index (χ0) is 18.0. The third-order valence-corrected chi connectivity index (χ3v) is 4.16. The van der Waals surface area contributed by atoms with Crippen molar-refractivity contribution < 1.29 is 14.6 Å². The molecular formula is C20H20N2O3. The molecular weight excluding hydrogens is 316 g/mol. The van der Waals surface area contributed by atoms with E-state index >= 15 is 0 Å². The van der Waals surface area contributed by atoms with Gasteiger partial charge in [0.1, 0.15) is 18.1 Å². The van der Waals surface area contributed by atoms with Crippen molar-refractivity contribution in [2.24, 2.45) is 0 Å². The Morgan fingerprint density at radius 2 is 1.88 bits per heavy atom. The van der Waals surface area contributed by atoms with E-state index in [1.807, 2.05) is 37.3 Å². The summed E-state index contributed by atoms with van der Waals surface area (Å²) >= 11 is 0. The lowest BCUT2D eigenvalue weighted by molar-refractivity contribution is -0.135. The fraction of sp³-hybridized carbons (Fsp3) is 0.200. The largest absolute Gasteiger partial charge is 0.497 e. The molecule has 0 aliphatic heterocycles. The summed E-state index contributed by atoms with van der Waals surface area (Å²) < 4.78 is 5.22. The average molecular weight is 336 g/mol. The van der Waals surface area contributed by atoms with Crippen molar-refractivity contribution in [3.05, 3.63) is 54.2 Å². The standard InChI is InChI=1S/C20H20N2O3/c1-13-4-9-16-17(10-13)20(22(2)12-19(23)24)21-11-18(16)14-5-7-15(25-3)8-6-14/h4-11H,12H2,1-3H3,(H,23,24). The van der Waals surface area contributed by atoms with Gasteiger partial charge < -0.3 is 14.7 Å². The number of aryl methyl sites for hydroxylation is 1. The van der Waals surface area contributed by atoms with E-state index in [9.17, 15) is 4.79 Å². The van der Waals surface area contributed by atoms with E-state index in [0.717, 1.165) is 33.2 Å². The Bertz CT molecular complexity index is 920. The molecule has 1 heterocycles. The summed E-state index contributed by atoms with van der Waals surface area (Å²) in [5.74, 6) is 0.581. The highest BCUT2D eigenvalue weighted by Gasteiger charge is 2.14. The number of pyridine rings is 1. The Balaban J connectivity index is 2.16. The van der Waals surface area contributed by atoms with Crippen molar-refractivity contribution in [3.63, 3.8) is 0 Å². The number of likely N-dealkylation sites (N-methyl/N-ethyl adjacent to an activating group) is 1. The highest BCUT2D eigenvalue weighted by Crippen LogP contribution is 2.34. The predicted octanol–water partition coefficient (Wildman–Crippen LogP) is 3.74. The second kappa shape index (κ2) is 6.81. The molecule has 0 amide bonds. The van der Waals surface area contributed by atoms with Gasteiger partial charge in [-0.05, 0) is 36.1 Å². The van der Waals surface area contributed by atoms with E-state index in [1.165, 1.54) is 0 Å². The van der Waals surface area contributed by atoms with Gasteiger partial charge in [-0.1, -0.05) is 29.8 Å². The number of carboxylic acid groups (broad SMARTS) is 1. The Kier molecular flexibility index (Phi) is 4.57. The number of fused-ring (bicyclic) bond motifs is 1. The van der Waals surface area contributed by atoms with E-state index in [1.54, 1.807) is 25.3 Å². The van der Waals surface area contributed by atoms with Gasteiger partial charge in [-0.2, -0.15) is 0 Å². The van der Waals surface area contributed by atoms with Crippen molar-refractivity contribution >= 4 is 22.6 Å². The highest BCUT2D eigenvalue weighted by atomic mass is 16.5. The summed E-state index contributed by atoms with van der Waals surface area (Å²) in [5, 5.41) is 11.1. The number of rotatable bonds is 5. The van der Waals surface area contributed by atoms with Crippen LogP contribution in [-0.4, -0.2) is 36.8 Å². The number of anilines is 1. The fourth-order valence-corrected chi connectivity index (χ4v) is 2.93. The molecule has 1 N–H and O–H groups in total. The molecule has 1 aromatic heterocycles. The number of aromatic nitrogens is 1. The number of nitrogens with zero attached hydrogens (tertiary/aromatic N) is 2. The SMILES string of the molecule is COc1ccc(-c2cnc(N(C)CC(=O)O)c3cc(C)ccc23)cc1. The third kappa shape index (κ3) is 3.40. The van der Waals surface area contributed by atoms with E-state index in [2.05, 4.69) is 17.1 Å². The minimum Gasteiger partial charge on any atom is -0.497 e. The van der Waals surface area contributed by atoms with Crippen molar-refractivity contribution in [2.45, 2.75) is 6.92 Å². The molecule has 0 unspecified atom stereocenters. The first kappa shape index (κ1) is 16.8. The summed E-state index contributed by atoms with van der Waals surface area (Å²) in [4.78, 5) is 17.3. The van der Waals surface area contributed by atoms with Gasteiger partial charge in [-0.25, -0.2) is 4.98 Å². The number of methoxy groups -OCH3 is 1. The molecule has 0 saturated carbocycles. The van der Waals surface area contributed by atoms with Gasteiger partial charge in [0, 0.05) is 24.2 Å². The zero-order valence-corrected chi connectivity index (χ0v) is 14.5. The van der Waals surface area contributed by atoms with E-state index < -0.39 is 5.97 Å². The summed E-state index contributed by atoms with van der Waals surface area (Å²) in [6, 6.07) is 14.0. The smallest absolute Gasteiger partial charge is 0.323 e. The first-order chi connectivity index (χ1) is 12.0. The van der Waals surface area contributed by atoms with Crippen LogP contribution in [0.2, 0.25) is 0 Å². The molecule has 0 aliphatic rings. The number of benzene rings is 2. The normalized spacial score (nSPS) is 10.7. The van der Waals surface area contributed by atoms with Crippen LogP contribution in [-0.2, 0) is 4.79 Å². The molecule has 128 valence electrons. The molecule has 5 nitrogen and oxygen atoms in total. The van der Waals surface area contributed by atoms with Crippen molar-refractivity contribution in [1.82, 2.24) is 4.98 Å². The summed E-state index contributed by atoms with van der Waals surface area (Å²) in [6.07, 6.45) is 1.80. The number of hydrogen-bond acceptors (Lipinski definition) is 4. The monoisotopic (exact) mass is 336 g/mol. The van der Waals surface area contributed by atoms with Crippen LogP contribution in [0.5, 0.6) is 5.75 Å². The van der Waals surface area contributed by atoms with Crippen LogP contribution in [0.4, 0.5) is 5.82 Å². The molecule has 0 atom stereocenters. The predicted molar refractivity (Wildman–Crippen MR) is 99.4 cm³/mol. The maximum absolute atomic E-state index is 11.1. The Morgan fingerprint density at radius 1 is 1.16 bits per heavy atom. The van der Waals surface area contributed by atoms with Crippen LogP contribution in [0.3, 0.4) is 0 Å². The van der Waals surface area contributed by atoms with Crippen LogP contribution in [0.25, 0.3) is 21.9 Å². The van der Waals surface area contributed by atoms with Gasteiger partial charge in [0.25, 0.3) is 0 Å². The minimum atomic E-state index is -0.885. The van der Waals surface area contributed by atoms with Crippen LogP contribution in [0.15, 0.2) is 48.7 Å². The molecule has 5 heteroatoms. The van der Waals surface area contributed by atoms with Crippen molar-refractivity contribution in [1.29, 1.82) is 0 Å². The number of ether oxygens (including phenoxy) is 1. The highest BCUT2D eigenvalue weighted by molar-refractivity contribution is 6.02. The van der Waals surface area contributed by atoms with Crippen LogP contribution in [0.1, 0.15) is 5.56 Å². The van der Waals surface area contributed by atoms with Gasteiger partial charge in [-0.15, -0.1) is 0 Å². The van der Waals surface area contributed by atoms with E-state index in [0.29, 0.717) is 5.82 Å². The lowest BCUT2D eigenvalue weighted by Crippen LogP contribution is -2.26. The molecule has 0 spiro atoms. The molecule has 25 heavy (non-hydrogen) atoms. The Labute approximate surface area is 146 Å². The zero-order valence-electron chi connectivity index (χ0n) is 14.5. The van der Waals surface area contributed by atoms with Gasteiger partial charge in [0.05, 0.1) is 7.11 Å². The minimum absolute atomic E-state index is 0.0993. The quantitative estimate of drug-likeness (QED) is 0.769. The number of aliphatic carboxylic acids is 1. The van der Waals surface area contributed by atoms with Crippen LogP contribution >= 0.6 is 0 Å². The van der Waals surface area contributed by atoms with Crippen molar-refractivity contribution in [2.75, 3.05) is 25.6 Å². The van der Waals surface area contributed by atoms with Gasteiger partial charge in [0.2, 0.25) is 0 Å². The van der Waals surface area contributed by atoms with Gasteiger partial charge >= 0.3 is 5.97 Å². The summed E-state index contributed by atoms with van der Waals surface area (Å²) in [6.45, 7) is 1.92. The van der Waals surface area contributed by atoms with E-state index in [4.69, 9.17) is 9.84 Å². The fourth-order valence-electron chi connectivity index (χ4n) is 2.93. The van der Waals surface area contributed by atoms with Gasteiger partial charge in [0.15, 0.2) is 0 Å². The Hall–Kier alpha value is -3.08. The lowest BCUT2D eigenvalue weighted by atomic mass is 9.99. The molecule has 0 fully saturated rings. The molecule has 3 rings (SSSR count).